The number of rotatable bonds is 6. The molecule has 1 aromatic carbocycles. The first-order valence-corrected chi connectivity index (χ1v) is 7.16. The van der Waals surface area contributed by atoms with Gasteiger partial charge in [-0.1, -0.05) is 37.3 Å². The summed E-state index contributed by atoms with van der Waals surface area (Å²) in [7, 11) is 0. The lowest BCUT2D eigenvalue weighted by Gasteiger charge is -2.20. The minimum Gasteiger partial charge on any atom is -0.384 e. The molecule has 1 heterocycles. The summed E-state index contributed by atoms with van der Waals surface area (Å²) in [6.07, 6.45) is 0. The Morgan fingerprint density at radius 1 is 1.14 bits per heavy atom. The number of nitrogens with zero attached hydrogens (tertiary/aromatic N) is 2. The maximum absolute atomic E-state index is 7.41. The summed E-state index contributed by atoms with van der Waals surface area (Å²) in [6, 6.07) is 14.0. The minimum absolute atomic E-state index is 0.109. The number of amidine groups is 1. The van der Waals surface area contributed by atoms with E-state index in [-0.39, 0.29) is 5.84 Å². The van der Waals surface area contributed by atoms with Gasteiger partial charge in [-0.3, -0.25) is 15.3 Å². The predicted molar refractivity (Wildman–Crippen MR) is 86.2 cm³/mol. The third-order valence-corrected chi connectivity index (χ3v) is 3.45. The molecule has 110 valence electrons. The van der Waals surface area contributed by atoms with E-state index in [1.54, 1.807) is 0 Å². The first kappa shape index (κ1) is 15.2. The van der Waals surface area contributed by atoms with Crippen molar-refractivity contribution in [2.45, 2.75) is 26.9 Å². The Kier molecular flexibility index (Phi) is 5.06. The van der Waals surface area contributed by atoms with Crippen LogP contribution < -0.4 is 5.73 Å². The van der Waals surface area contributed by atoms with E-state index in [2.05, 4.69) is 22.9 Å². The summed E-state index contributed by atoms with van der Waals surface area (Å²) < 4.78 is 0. The van der Waals surface area contributed by atoms with Crippen molar-refractivity contribution in [3.8, 4) is 0 Å². The van der Waals surface area contributed by atoms with Crippen molar-refractivity contribution >= 4 is 5.84 Å². The van der Waals surface area contributed by atoms with Gasteiger partial charge in [0.2, 0.25) is 0 Å². The quantitative estimate of drug-likeness (QED) is 0.632. The Labute approximate surface area is 126 Å². The van der Waals surface area contributed by atoms with Crippen LogP contribution in [0.25, 0.3) is 0 Å². The number of aryl methyl sites for hydroxylation is 1. The third kappa shape index (κ3) is 4.39. The average Bonchev–Trinajstić information content (AvgIpc) is 2.47. The number of pyridine rings is 1. The summed E-state index contributed by atoms with van der Waals surface area (Å²) in [5.41, 5.74) is 9.60. The number of hydrogen-bond donors (Lipinski definition) is 2. The van der Waals surface area contributed by atoms with Crippen molar-refractivity contribution in [3.63, 3.8) is 0 Å². The third-order valence-electron chi connectivity index (χ3n) is 3.45. The van der Waals surface area contributed by atoms with Gasteiger partial charge in [-0.15, -0.1) is 0 Å². The highest BCUT2D eigenvalue weighted by Gasteiger charge is 2.06. The Balaban J connectivity index is 2.03. The van der Waals surface area contributed by atoms with Crippen molar-refractivity contribution in [2.24, 2.45) is 5.73 Å². The predicted octanol–water partition coefficient (Wildman–Crippen LogP) is 2.70. The lowest BCUT2D eigenvalue weighted by atomic mass is 10.1. The van der Waals surface area contributed by atoms with Crippen molar-refractivity contribution in [2.75, 3.05) is 6.54 Å². The van der Waals surface area contributed by atoms with E-state index >= 15 is 0 Å². The summed E-state index contributed by atoms with van der Waals surface area (Å²) >= 11 is 0. The molecule has 3 N–H and O–H groups in total. The highest BCUT2D eigenvalue weighted by atomic mass is 15.1. The van der Waals surface area contributed by atoms with Gasteiger partial charge in [0.15, 0.2) is 0 Å². The summed E-state index contributed by atoms with van der Waals surface area (Å²) in [5, 5.41) is 7.41. The maximum Gasteiger partial charge on any atom is 0.122 e. The van der Waals surface area contributed by atoms with Crippen LogP contribution in [-0.2, 0) is 13.1 Å². The zero-order valence-electron chi connectivity index (χ0n) is 12.6. The van der Waals surface area contributed by atoms with Crippen LogP contribution in [-0.4, -0.2) is 22.3 Å². The molecule has 0 amide bonds. The first-order valence-electron chi connectivity index (χ1n) is 7.16. The number of aromatic nitrogens is 1. The molecule has 0 saturated heterocycles. The molecule has 0 bridgehead atoms. The van der Waals surface area contributed by atoms with Crippen LogP contribution in [0, 0.1) is 12.3 Å². The zero-order chi connectivity index (χ0) is 15.2. The first-order chi connectivity index (χ1) is 10.1. The van der Waals surface area contributed by atoms with E-state index in [0.717, 1.165) is 36.6 Å². The van der Waals surface area contributed by atoms with E-state index in [1.807, 2.05) is 43.3 Å². The van der Waals surface area contributed by atoms with E-state index in [1.165, 1.54) is 5.56 Å². The van der Waals surface area contributed by atoms with Crippen LogP contribution in [0.2, 0.25) is 0 Å². The molecule has 2 rings (SSSR count). The van der Waals surface area contributed by atoms with Crippen LogP contribution >= 0.6 is 0 Å². The molecular formula is C17H22N4. The van der Waals surface area contributed by atoms with Gasteiger partial charge in [0.1, 0.15) is 5.84 Å². The van der Waals surface area contributed by atoms with Crippen molar-refractivity contribution in [1.82, 2.24) is 9.88 Å². The molecule has 0 fully saturated rings. The van der Waals surface area contributed by atoms with E-state index < -0.39 is 0 Å². The van der Waals surface area contributed by atoms with E-state index in [9.17, 15) is 0 Å². The van der Waals surface area contributed by atoms with Crippen molar-refractivity contribution in [3.05, 3.63) is 65.0 Å². The molecule has 21 heavy (non-hydrogen) atoms. The topological polar surface area (TPSA) is 66.0 Å². The molecular weight excluding hydrogens is 260 g/mol. The summed E-state index contributed by atoms with van der Waals surface area (Å²) in [4.78, 5) is 6.89. The second-order valence-electron chi connectivity index (χ2n) is 5.18. The molecule has 0 unspecified atom stereocenters. The summed E-state index contributed by atoms with van der Waals surface area (Å²) in [6.45, 7) is 6.83. The Hall–Kier alpha value is -2.20. The average molecular weight is 282 g/mol. The molecule has 4 nitrogen and oxygen atoms in total. The fraction of sp³-hybridized carbons (Fsp3) is 0.294. The van der Waals surface area contributed by atoms with Gasteiger partial charge in [-0.25, -0.2) is 0 Å². The summed E-state index contributed by atoms with van der Waals surface area (Å²) in [5.74, 6) is 0.109. The van der Waals surface area contributed by atoms with E-state index in [4.69, 9.17) is 11.1 Å². The Morgan fingerprint density at radius 2 is 1.86 bits per heavy atom. The molecule has 0 aliphatic carbocycles. The number of nitrogens with one attached hydrogen (secondary N) is 1. The monoisotopic (exact) mass is 282 g/mol. The van der Waals surface area contributed by atoms with Crippen LogP contribution in [0.4, 0.5) is 0 Å². The van der Waals surface area contributed by atoms with Crippen LogP contribution in [0.1, 0.15) is 29.4 Å². The van der Waals surface area contributed by atoms with Crippen molar-refractivity contribution in [1.29, 1.82) is 5.41 Å². The van der Waals surface area contributed by atoms with Gasteiger partial charge in [0.25, 0.3) is 0 Å². The molecule has 0 aliphatic heterocycles. The number of nitrogens with two attached hydrogens (primary N) is 1. The number of benzene rings is 1. The second kappa shape index (κ2) is 6.99. The minimum atomic E-state index is 0.109. The maximum atomic E-state index is 7.41. The number of nitrogen functional groups attached to an aromatic ring is 1. The van der Waals surface area contributed by atoms with E-state index in [0.29, 0.717) is 0 Å². The molecule has 0 spiro atoms. The van der Waals surface area contributed by atoms with Gasteiger partial charge >= 0.3 is 0 Å². The lowest BCUT2D eigenvalue weighted by molar-refractivity contribution is 0.268. The van der Waals surface area contributed by atoms with Gasteiger partial charge in [-0.05, 0) is 31.2 Å². The molecule has 2 aromatic rings. The second-order valence-corrected chi connectivity index (χ2v) is 5.18. The normalized spacial score (nSPS) is 10.8. The zero-order valence-corrected chi connectivity index (χ0v) is 12.6. The molecule has 4 heteroatoms. The van der Waals surface area contributed by atoms with Crippen LogP contribution in [0.15, 0.2) is 42.5 Å². The van der Waals surface area contributed by atoms with Crippen LogP contribution in [0.3, 0.4) is 0 Å². The fourth-order valence-corrected chi connectivity index (χ4v) is 2.24. The number of hydrogen-bond acceptors (Lipinski definition) is 3. The highest BCUT2D eigenvalue weighted by molar-refractivity contribution is 5.94. The van der Waals surface area contributed by atoms with Crippen molar-refractivity contribution < 1.29 is 0 Å². The smallest absolute Gasteiger partial charge is 0.122 e. The highest BCUT2D eigenvalue weighted by Crippen LogP contribution is 2.10. The van der Waals surface area contributed by atoms with Gasteiger partial charge in [-0.2, -0.15) is 0 Å². The molecule has 1 aromatic heterocycles. The molecule has 0 aliphatic rings. The Morgan fingerprint density at radius 3 is 2.43 bits per heavy atom. The van der Waals surface area contributed by atoms with Gasteiger partial charge < -0.3 is 5.73 Å². The SMILES string of the molecule is CCN(Cc1ccc(C(=N)N)cc1)Cc1cccc(C)n1. The van der Waals surface area contributed by atoms with Gasteiger partial charge in [0, 0.05) is 24.3 Å². The lowest BCUT2D eigenvalue weighted by Crippen LogP contribution is -2.23. The molecule has 0 radical (unpaired) electrons. The molecule has 0 saturated carbocycles. The fourth-order valence-electron chi connectivity index (χ4n) is 2.24. The Bertz CT molecular complexity index is 604. The van der Waals surface area contributed by atoms with Gasteiger partial charge in [0.05, 0.1) is 5.69 Å². The van der Waals surface area contributed by atoms with Crippen LogP contribution in [0.5, 0.6) is 0 Å². The standard InChI is InChI=1S/C17H22N4/c1-3-21(12-16-6-4-5-13(2)20-16)11-14-7-9-15(10-8-14)17(18)19/h4-10H,3,11-12H2,1-2H3,(H3,18,19). The largest absolute Gasteiger partial charge is 0.384 e. The molecule has 0 atom stereocenters.